The van der Waals surface area contributed by atoms with Crippen LogP contribution in [0.2, 0.25) is 0 Å². The maximum absolute atomic E-state index is 13.8. The Bertz CT molecular complexity index is 4160. The number of phenols is 2. The molecule has 2 aliphatic rings. The largest absolute Gasteiger partial charge is 0.508 e. The number of sulfonamides is 2. The number of carboxylic acids is 1. The minimum atomic E-state index is -5.07. The molecular weight excluding hydrogens is 1020 g/mol. The predicted molar refractivity (Wildman–Crippen MR) is 273 cm³/mol. The van der Waals surface area contributed by atoms with Gasteiger partial charge in [0.2, 0.25) is 0 Å². The zero-order chi connectivity index (χ0) is 53.3. The highest BCUT2D eigenvalue weighted by molar-refractivity contribution is 7.93. The van der Waals surface area contributed by atoms with Gasteiger partial charge in [-0.2, -0.15) is 16.8 Å². The summed E-state index contributed by atoms with van der Waals surface area (Å²) in [5, 5.41) is 33.1. The van der Waals surface area contributed by atoms with E-state index >= 15 is 0 Å². The van der Waals surface area contributed by atoms with Crippen LogP contribution in [-0.4, -0.2) is 64.1 Å². The summed E-state index contributed by atoms with van der Waals surface area (Å²) in [5.41, 5.74) is 2.75. The Hall–Kier alpha value is -7.80. The Balaban J connectivity index is 1.31. The number of nitrogens with zero attached hydrogens (tertiary/aromatic N) is 1. The summed E-state index contributed by atoms with van der Waals surface area (Å²) in [4.78, 5) is 14.7. The van der Waals surface area contributed by atoms with E-state index in [0.717, 1.165) is 17.7 Å². The smallest absolute Gasteiger partial charge is 0.339 e. The fourth-order valence-electron chi connectivity index (χ4n) is 8.78. The zero-order valence-corrected chi connectivity index (χ0v) is 42.6. The fraction of sp³-hybridized carbons (Fsp3) is 0.120. The number of fused-ring (bicyclic) bond motifs is 2. The van der Waals surface area contributed by atoms with Crippen LogP contribution in [0.5, 0.6) is 11.5 Å². The fourth-order valence-corrected chi connectivity index (χ4v) is 12.9. The molecule has 0 unspecified atom stereocenters. The molecule has 8 N–H and O–H groups in total. The van der Waals surface area contributed by atoms with E-state index in [1.165, 1.54) is 75.4 Å². The average molecular weight is 1070 g/mol. The van der Waals surface area contributed by atoms with E-state index in [2.05, 4.69) is 14.8 Å². The first kappa shape index (κ1) is 51.6. The molecule has 19 nitrogen and oxygen atoms in total. The van der Waals surface area contributed by atoms with Crippen molar-refractivity contribution < 1.29 is 67.3 Å². The molecule has 0 spiro atoms. The van der Waals surface area contributed by atoms with Gasteiger partial charge in [0.05, 0.1) is 32.2 Å². The van der Waals surface area contributed by atoms with Crippen molar-refractivity contribution in [3.63, 3.8) is 0 Å². The Morgan fingerprint density at radius 2 is 1.22 bits per heavy atom. The third kappa shape index (κ3) is 9.92. The second-order valence-electron chi connectivity index (χ2n) is 17.1. The van der Waals surface area contributed by atoms with Gasteiger partial charge in [-0.1, -0.05) is 24.3 Å². The van der Waals surface area contributed by atoms with Gasteiger partial charge in [-0.05, 0) is 148 Å². The summed E-state index contributed by atoms with van der Waals surface area (Å²) in [6, 6.07) is 24.6. The number of aromatic hydroxyl groups is 2. The van der Waals surface area contributed by atoms with E-state index in [4.69, 9.17) is 9.41 Å². The van der Waals surface area contributed by atoms with Gasteiger partial charge in [0.25, 0.3) is 40.3 Å². The van der Waals surface area contributed by atoms with E-state index in [9.17, 15) is 62.9 Å². The first-order valence-corrected chi connectivity index (χ1v) is 27.4. The standard InChI is InChI=1S/C50H44N4O15S4/c1-25-21-26(2)46(53-70(59,60)34-15-13-33(55)14-16-34)27(3)45(25)51-31-11-18-36-41(22-31)69-42-23-32(12-19-37(42)44(36)38-9-7-8-10-43(38)72(63,64)65)52-47-28(4)48(30(6)49(29(47)5)73(66,67)68)54-71(61,62)35-17-20-40(56)39(24-35)50(57)58/h7-24,51,53-56H,1-6H3,(H,57,58)(H,63,64,65)(H,66,67,68)/b52-32+. The van der Waals surface area contributed by atoms with Gasteiger partial charge < -0.3 is 25.1 Å². The molecule has 1 aliphatic heterocycles. The van der Waals surface area contributed by atoms with E-state index in [1.807, 2.05) is 6.92 Å². The lowest BCUT2D eigenvalue weighted by Gasteiger charge is -2.21. The summed E-state index contributed by atoms with van der Waals surface area (Å²) in [7, 11) is -18.7. The SMILES string of the molecule is Cc1cc(C)c(NS(=O)(=O)c2ccc(O)cc2)c(C)c1Nc1ccc2c(-c3ccccc3S(=O)(=O)O)c3cc/c(=N\c4c(C)c(NS(=O)(=O)c5ccc(O)c(C(=O)O)c5)c(C)c(S(=O)(=O)O)c4C)cc-3oc2c1. The van der Waals surface area contributed by atoms with Crippen molar-refractivity contribution in [2.24, 2.45) is 4.99 Å². The van der Waals surface area contributed by atoms with Crippen molar-refractivity contribution in [2.45, 2.75) is 61.1 Å². The molecule has 1 aliphatic carbocycles. The van der Waals surface area contributed by atoms with Crippen molar-refractivity contribution in [1.29, 1.82) is 0 Å². The second kappa shape index (κ2) is 18.7. The topological polar surface area (TPSA) is 316 Å². The van der Waals surface area contributed by atoms with Crippen molar-refractivity contribution >= 4 is 85.7 Å². The number of aryl methyl sites for hydroxylation is 2. The number of nitrogens with one attached hydrogen (secondary N) is 3. The third-order valence-electron chi connectivity index (χ3n) is 12.1. The van der Waals surface area contributed by atoms with Gasteiger partial charge in [-0.15, -0.1) is 0 Å². The molecule has 6 aromatic rings. The first-order chi connectivity index (χ1) is 34.1. The lowest BCUT2D eigenvalue weighted by Crippen LogP contribution is -2.17. The molecule has 8 rings (SSSR count). The Morgan fingerprint density at radius 3 is 1.88 bits per heavy atom. The van der Waals surface area contributed by atoms with E-state index in [0.29, 0.717) is 50.8 Å². The minimum absolute atomic E-state index is 0.0740. The monoisotopic (exact) mass is 1070 g/mol. The molecule has 73 heavy (non-hydrogen) atoms. The lowest BCUT2D eigenvalue weighted by molar-refractivity contribution is 0.0693. The molecule has 23 heteroatoms. The van der Waals surface area contributed by atoms with Crippen molar-refractivity contribution in [3.8, 4) is 33.9 Å². The average Bonchev–Trinajstić information content (AvgIpc) is 3.30. The van der Waals surface area contributed by atoms with Crippen molar-refractivity contribution in [2.75, 3.05) is 14.8 Å². The maximum Gasteiger partial charge on any atom is 0.339 e. The summed E-state index contributed by atoms with van der Waals surface area (Å²) >= 11 is 0. The second-order valence-corrected chi connectivity index (χ2v) is 23.2. The molecule has 0 saturated carbocycles. The van der Waals surface area contributed by atoms with Crippen LogP contribution in [-0.2, 0) is 40.3 Å². The number of carbonyl (C=O) groups is 1. The van der Waals surface area contributed by atoms with Crippen LogP contribution in [0.15, 0.2) is 138 Å². The number of rotatable bonds is 13. The molecule has 1 heterocycles. The van der Waals surface area contributed by atoms with E-state index < -0.39 is 72.3 Å². The third-order valence-corrected chi connectivity index (χ3v) is 16.9. The summed E-state index contributed by atoms with van der Waals surface area (Å²) in [6.45, 7) is 9.34. The number of benzene rings is 7. The van der Waals surface area contributed by atoms with Crippen LogP contribution in [0, 0.1) is 41.5 Å². The zero-order valence-electron chi connectivity index (χ0n) is 39.3. The molecule has 0 amide bonds. The molecule has 0 atom stereocenters. The van der Waals surface area contributed by atoms with Crippen LogP contribution >= 0.6 is 0 Å². The molecule has 378 valence electrons. The number of carboxylic acid groups (broad SMARTS) is 1. The quantitative estimate of drug-likeness (QED) is 0.0394. The number of aromatic carboxylic acids is 1. The number of hydrogen-bond donors (Lipinski definition) is 8. The lowest BCUT2D eigenvalue weighted by atomic mass is 9.93. The van der Waals surface area contributed by atoms with Crippen molar-refractivity contribution in [3.05, 3.63) is 153 Å². The van der Waals surface area contributed by atoms with Gasteiger partial charge in [-0.3, -0.25) is 18.5 Å². The number of hydrogen-bond acceptors (Lipinski definition) is 14. The van der Waals surface area contributed by atoms with E-state index in [1.54, 1.807) is 50.2 Å². The molecule has 0 bridgehead atoms. The first-order valence-electron chi connectivity index (χ1n) is 21.6. The Kier molecular flexibility index (Phi) is 13.2. The van der Waals surface area contributed by atoms with Crippen LogP contribution < -0.4 is 20.1 Å². The molecular formula is C50H44N4O15S4. The highest BCUT2D eigenvalue weighted by atomic mass is 32.2. The molecule has 0 fully saturated rings. The predicted octanol–water partition coefficient (Wildman–Crippen LogP) is 9.24. The molecule has 0 aromatic heterocycles. The van der Waals surface area contributed by atoms with Gasteiger partial charge in [-0.25, -0.2) is 26.6 Å². The number of phenolic OH excluding ortho intramolecular Hbond substituents is 1. The highest BCUT2D eigenvalue weighted by Gasteiger charge is 2.29. The van der Waals surface area contributed by atoms with Crippen LogP contribution in [0.25, 0.3) is 33.4 Å². The van der Waals surface area contributed by atoms with Crippen LogP contribution in [0.4, 0.5) is 28.4 Å². The van der Waals surface area contributed by atoms with Crippen LogP contribution in [0.3, 0.4) is 0 Å². The summed E-state index contributed by atoms with van der Waals surface area (Å²) < 4.78 is 139. The van der Waals surface area contributed by atoms with Crippen LogP contribution in [0.1, 0.15) is 43.7 Å². The molecule has 6 aromatic carbocycles. The maximum atomic E-state index is 13.8. The Labute approximate surface area is 419 Å². The molecule has 0 saturated heterocycles. The van der Waals surface area contributed by atoms with Crippen molar-refractivity contribution in [1.82, 2.24) is 0 Å². The van der Waals surface area contributed by atoms with E-state index in [-0.39, 0.29) is 61.0 Å². The van der Waals surface area contributed by atoms with Gasteiger partial charge >= 0.3 is 5.97 Å². The summed E-state index contributed by atoms with van der Waals surface area (Å²) in [5.74, 6) is -2.33. The summed E-state index contributed by atoms with van der Waals surface area (Å²) in [6.07, 6.45) is 0. The normalized spacial score (nSPS) is 12.6. The van der Waals surface area contributed by atoms with Gasteiger partial charge in [0.15, 0.2) is 0 Å². The molecule has 0 radical (unpaired) electrons. The Morgan fingerprint density at radius 1 is 0.589 bits per heavy atom. The highest BCUT2D eigenvalue weighted by Crippen LogP contribution is 2.45. The number of anilines is 4. The minimum Gasteiger partial charge on any atom is -0.508 e. The van der Waals surface area contributed by atoms with Gasteiger partial charge in [0.1, 0.15) is 38.2 Å². The van der Waals surface area contributed by atoms with Gasteiger partial charge in [0, 0.05) is 45.6 Å².